The Kier molecular flexibility index (Phi) is 14.5. The van der Waals surface area contributed by atoms with Crippen molar-refractivity contribution in [3.05, 3.63) is 0 Å². The fraction of sp³-hybridized carbons (Fsp3) is 1.00. The van der Waals surface area contributed by atoms with Gasteiger partial charge in [-0.15, -0.1) is 17.0 Å². The van der Waals surface area contributed by atoms with Gasteiger partial charge >= 0.3 is 0 Å². The van der Waals surface area contributed by atoms with E-state index in [1.54, 1.807) is 7.05 Å². The second-order valence-electron chi connectivity index (χ2n) is 0.637. The predicted molar refractivity (Wildman–Crippen MR) is 31.0 cm³/mol. The molecule has 0 radical (unpaired) electrons. The summed E-state index contributed by atoms with van der Waals surface area (Å²) in [5.74, 6) is 0. The molecular formula is C3H10BrNO. The van der Waals surface area contributed by atoms with Crippen molar-refractivity contribution in [1.82, 2.24) is 5.48 Å². The lowest BCUT2D eigenvalue weighted by atomic mass is 10.9. The van der Waals surface area contributed by atoms with Crippen molar-refractivity contribution in [1.29, 1.82) is 0 Å². The van der Waals surface area contributed by atoms with Gasteiger partial charge in [0.25, 0.3) is 0 Å². The molecule has 0 heterocycles. The van der Waals surface area contributed by atoms with Crippen LogP contribution < -0.4 is 5.48 Å². The summed E-state index contributed by atoms with van der Waals surface area (Å²) in [5, 5.41) is 0. The summed E-state index contributed by atoms with van der Waals surface area (Å²) >= 11 is 0. The standard InChI is InChI=1S/C3H9NO.BrH/c1-3-5-4-2;/h4H,3H2,1-2H3;1H. The maximum absolute atomic E-state index is 4.58. The average Bonchev–Trinajstić information content (AvgIpc) is 1.41. The molecule has 6 heavy (non-hydrogen) atoms. The van der Waals surface area contributed by atoms with Crippen LogP contribution in [0.3, 0.4) is 0 Å². The van der Waals surface area contributed by atoms with Crippen LogP contribution in [0.2, 0.25) is 0 Å². The first-order chi connectivity index (χ1) is 2.41. The summed E-state index contributed by atoms with van der Waals surface area (Å²) in [6, 6.07) is 0. The molecule has 0 aromatic carbocycles. The monoisotopic (exact) mass is 155 g/mol. The molecule has 0 fully saturated rings. The highest BCUT2D eigenvalue weighted by atomic mass is 79.9. The largest absolute Gasteiger partial charge is 0.302 e. The zero-order chi connectivity index (χ0) is 4.12. The van der Waals surface area contributed by atoms with E-state index < -0.39 is 0 Å². The third-order valence-electron chi connectivity index (χ3n) is 0.289. The van der Waals surface area contributed by atoms with Crippen LogP contribution in [0.5, 0.6) is 0 Å². The molecule has 0 atom stereocenters. The van der Waals surface area contributed by atoms with Crippen LogP contribution >= 0.6 is 17.0 Å². The maximum Gasteiger partial charge on any atom is 0.0653 e. The second kappa shape index (κ2) is 9.04. The smallest absolute Gasteiger partial charge is 0.0653 e. The average molecular weight is 156 g/mol. The van der Waals surface area contributed by atoms with Crippen molar-refractivity contribution in [3.8, 4) is 0 Å². The number of nitrogens with one attached hydrogen (secondary N) is 1. The van der Waals surface area contributed by atoms with E-state index in [0.29, 0.717) is 0 Å². The van der Waals surface area contributed by atoms with Gasteiger partial charge in [0.2, 0.25) is 0 Å². The predicted octanol–water partition coefficient (Wildman–Crippen LogP) is 0.735. The summed E-state index contributed by atoms with van der Waals surface area (Å²) in [4.78, 5) is 4.58. The Morgan fingerprint density at radius 2 is 2.17 bits per heavy atom. The first kappa shape index (κ1) is 9.64. The molecule has 0 spiro atoms. The molecule has 0 aliphatic heterocycles. The molecule has 0 aliphatic rings. The molecule has 0 unspecified atom stereocenters. The molecule has 0 aromatic heterocycles. The van der Waals surface area contributed by atoms with E-state index in [2.05, 4.69) is 10.3 Å². The Labute approximate surface area is 48.6 Å². The van der Waals surface area contributed by atoms with Crippen LogP contribution in [-0.2, 0) is 4.84 Å². The first-order valence-corrected chi connectivity index (χ1v) is 1.70. The fourth-order valence-electron chi connectivity index (χ4n) is 0.144. The summed E-state index contributed by atoms with van der Waals surface area (Å²) in [6.07, 6.45) is 0. The number of hydroxylamine groups is 1. The van der Waals surface area contributed by atoms with Gasteiger partial charge in [-0.3, -0.25) is 0 Å². The Morgan fingerprint density at radius 1 is 1.67 bits per heavy atom. The second-order valence-corrected chi connectivity index (χ2v) is 0.637. The van der Waals surface area contributed by atoms with Gasteiger partial charge in [0, 0.05) is 7.05 Å². The van der Waals surface area contributed by atoms with E-state index in [1.807, 2.05) is 6.92 Å². The first-order valence-electron chi connectivity index (χ1n) is 1.70. The molecule has 0 aromatic rings. The normalized spacial score (nSPS) is 7.00. The van der Waals surface area contributed by atoms with Crippen molar-refractivity contribution in [3.63, 3.8) is 0 Å². The summed E-state index contributed by atoms with van der Waals surface area (Å²) in [5.41, 5.74) is 2.52. The van der Waals surface area contributed by atoms with Crippen LogP contribution in [0, 0.1) is 0 Å². The van der Waals surface area contributed by atoms with Crippen molar-refractivity contribution in [2.45, 2.75) is 6.92 Å². The van der Waals surface area contributed by atoms with Gasteiger partial charge in [-0.25, -0.2) is 5.48 Å². The molecule has 0 aliphatic carbocycles. The molecule has 0 rings (SSSR count). The maximum atomic E-state index is 4.58. The minimum absolute atomic E-state index is 0. The van der Waals surface area contributed by atoms with Crippen LogP contribution in [0.15, 0.2) is 0 Å². The van der Waals surface area contributed by atoms with E-state index in [4.69, 9.17) is 0 Å². The van der Waals surface area contributed by atoms with Crippen molar-refractivity contribution < 1.29 is 4.84 Å². The molecular weight excluding hydrogens is 146 g/mol. The highest BCUT2D eigenvalue weighted by Gasteiger charge is 1.61. The van der Waals surface area contributed by atoms with Crippen LogP contribution in [-0.4, -0.2) is 13.7 Å². The fourth-order valence-corrected chi connectivity index (χ4v) is 0.144. The SMILES string of the molecule is Br.CCONC. The highest BCUT2D eigenvalue weighted by Crippen LogP contribution is 1.53. The van der Waals surface area contributed by atoms with Crippen LogP contribution in [0.25, 0.3) is 0 Å². The van der Waals surface area contributed by atoms with Gasteiger partial charge in [-0.05, 0) is 6.92 Å². The molecule has 3 heteroatoms. The van der Waals surface area contributed by atoms with Gasteiger partial charge in [-0.1, -0.05) is 0 Å². The van der Waals surface area contributed by atoms with Gasteiger partial charge in [0.1, 0.15) is 0 Å². The molecule has 1 N–H and O–H groups in total. The topological polar surface area (TPSA) is 21.3 Å². The zero-order valence-corrected chi connectivity index (χ0v) is 5.74. The Morgan fingerprint density at radius 3 is 2.17 bits per heavy atom. The van der Waals surface area contributed by atoms with Gasteiger partial charge in [0.05, 0.1) is 6.61 Å². The lowest BCUT2D eigenvalue weighted by molar-refractivity contribution is 0.0687. The molecule has 2 nitrogen and oxygen atoms in total. The lowest BCUT2D eigenvalue weighted by Gasteiger charge is -1.88. The van der Waals surface area contributed by atoms with E-state index in [1.165, 1.54) is 0 Å². The minimum atomic E-state index is 0. The number of hydrogen-bond acceptors (Lipinski definition) is 2. The summed E-state index contributed by atoms with van der Waals surface area (Å²) in [7, 11) is 1.74. The van der Waals surface area contributed by atoms with Gasteiger partial charge in [0.15, 0.2) is 0 Å². The quantitative estimate of drug-likeness (QED) is 0.595. The zero-order valence-electron chi connectivity index (χ0n) is 4.02. The summed E-state index contributed by atoms with van der Waals surface area (Å²) < 4.78 is 0. The Balaban J connectivity index is 0. The van der Waals surface area contributed by atoms with Crippen molar-refractivity contribution in [2.75, 3.05) is 13.7 Å². The molecule has 0 amide bonds. The minimum Gasteiger partial charge on any atom is -0.302 e. The summed E-state index contributed by atoms with van der Waals surface area (Å²) in [6.45, 7) is 2.66. The van der Waals surface area contributed by atoms with Gasteiger partial charge in [-0.2, -0.15) is 0 Å². The molecule has 40 valence electrons. The third kappa shape index (κ3) is 8.83. The lowest BCUT2D eigenvalue weighted by Crippen LogP contribution is -2.05. The molecule has 0 bridgehead atoms. The third-order valence-corrected chi connectivity index (χ3v) is 0.289. The molecule has 0 saturated heterocycles. The van der Waals surface area contributed by atoms with E-state index >= 15 is 0 Å². The highest BCUT2D eigenvalue weighted by molar-refractivity contribution is 8.93. The van der Waals surface area contributed by atoms with E-state index in [9.17, 15) is 0 Å². The Bertz CT molecular complexity index is 18.3. The van der Waals surface area contributed by atoms with Crippen molar-refractivity contribution >= 4 is 17.0 Å². The van der Waals surface area contributed by atoms with Crippen LogP contribution in [0.4, 0.5) is 0 Å². The van der Waals surface area contributed by atoms with E-state index in [-0.39, 0.29) is 17.0 Å². The Hall–Kier alpha value is 0.400. The van der Waals surface area contributed by atoms with E-state index in [0.717, 1.165) is 6.61 Å². The van der Waals surface area contributed by atoms with Crippen molar-refractivity contribution in [2.24, 2.45) is 0 Å². The number of hydrogen-bond donors (Lipinski definition) is 1. The van der Waals surface area contributed by atoms with Gasteiger partial charge < -0.3 is 4.84 Å². The number of halogens is 1. The number of rotatable bonds is 2. The molecule has 0 saturated carbocycles. The van der Waals surface area contributed by atoms with Crippen LogP contribution in [0.1, 0.15) is 6.92 Å².